The highest BCUT2D eigenvalue weighted by atomic mass is 16.4. The number of rotatable bonds is 6. The summed E-state index contributed by atoms with van der Waals surface area (Å²) < 4.78 is 0. The first-order valence-corrected chi connectivity index (χ1v) is 7.73. The third-order valence-electron chi connectivity index (χ3n) is 3.82. The fourth-order valence-electron chi connectivity index (χ4n) is 2.41. The predicted octanol–water partition coefficient (Wildman–Crippen LogP) is 2.65. The van der Waals surface area contributed by atoms with Crippen LogP contribution >= 0.6 is 0 Å². The van der Waals surface area contributed by atoms with E-state index < -0.39 is 11.5 Å². The summed E-state index contributed by atoms with van der Waals surface area (Å²) in [7, 11) is 0. The normalized spacial score (nSPS) is 14.6. The van der Waals surface area contributed by atoms with Crippen LogP contribution in [0.4, 0.5) is 5.69 Å². The molecule has 0 fully saturated rings. The van der Waals surface area contributed by atoms with Gasteiger partial charge >= 0.3 is 5.97 Å². The van der Waals surface area contributed by atoms with Crippen molar-refractivity contribution in [2.45, 2.75) is 45.6 Å². The molecule has 1 aromatic rings. The van der Waals surface area contributed by atoms with Crippen LogP contribution in [0.1, 0.15) is 50.4 Å². The molecule has 2 N–H and O–H groups in total. The number of benzene rings is 1. The fraction of sp³-hybridized carbons (Fsp3) is 0.471. The van der Waals surface area contributed by atoms with Gasteiger partial charge in [-0.25, -0.2) is 0 Å². The first-order valence-electron chi connectivity index (χ1n) is 7.73. The van der Waals surface area contributed by atoms with E-state index in [1.54, 1.807) is 12.1 Å². The van der Waals surface area contributed by atoms with Gasteiger partial charge in [0.25, 0.3) is 5.91 Å². The summed E-state index contributed by atoms with van der Waals surface area (Å²) in [5.74, 6) is -1.06. The van der Waals surface area contributed by atoms with Crippen LogP contribution < -0.4 is 10.3 Å². The summed E-state index contributed by atoms with van der Waals surface area (Å²) in [6, 6.07) is 7.28. The van der Waals surface area contributed by atoms with Crippen LogP contribution in [0.3, 0.4) is 0 Å². The summed E-state index contributed by atoms with van der Waals surface area (Å²) in [5.41, 5.74) is 2.05. The van der Waals surface area contributed by atoms with E-state index in [1.807, 2.05) is 37.9 Å². The van der Waals surface area contributed by atoms with Gasteiger partial charge in [-0.2, -0.15) is 5.10 Å². The van der Waals surface area contributed by atoms with E-state index in [1.165, 1.54) is 0 Å². The molecule has 0 aromatic heterocycles. The number of amides is 1. The Bertz CT molecular complexity index is 620. The van der Waals surface area contributed by atoms with E-state index in [4.69, 9.17) is 5.11 Å². The van der Waals surface area contributed by atoms with Crippen LogP contribution in [-0.2, 0) is 4.79 Å². The largest absolute Gasteiger partial charge is 0.481 e. The number of hydrogen-bond donors (Lipinski definition) is 2. The average molecular weight is 317 g/mol. The Kier molecular flexibility index (Phi) is 5.03. The molecule has 0 aliphatic carbocycles. The van der Waals surface area contributed by atoms with Crippen molar-refractivity contribution in [1.82, 2.24) is 5.32 Å². The van der Waals surface area contributed by atoms with Gasteiger partial charge in [-0.15, -0.1) is 0 Å². The lowest BCUT2D eigenvalue weighted by Crippen LogP contribution is -2.43. The lowest BCUT2D eigenvalue weighted by molar-refractivity contribution is -0.137. The summed E-state index contributed by atoms with van der Waals surface area (Å²) in [4.78, 5) is 23.0. The molecule has 0 unspecified atom stereocenters. The molecule has 0 spiro atoms. The molecule has 0 saturated heterocycles. The highest BCUT2D eigenvalue weighted by Gasteiger charge is 2.22. The van der Waals surface area contributed by atoms with Crippen molar-refractivity contribution in [3.63, 3.8) is 0 Å². The van der Waals surface area contributed by atoms with Gasteiger partial charge < -0.3 is 10.4 Å². The Morgan fingerprint density at radius 3 is 2.48 bits per heavy atom. The minimum absolute atomic E-state index is 0.0263. The van der Waals surface area contributed by atoms with Crippen LogP contribution in [0, 0.1) is 0 Å². The SMILES string of the molecule is CC1=NN(c2ccc(C(=O)NC(C)(C)CCC(=O)O)cc2)CC1. The Balaban J connectivity index is 1.98. The number of carbonyl (C=O) groups is 2. The van der Waals surface area contributed by atoms with Gasteiger partial charge in [-0.1, -0.05) is 0 Å². The Hall–Kier alpha value is -2.37. The van der Waals surface area contributed by atoms with Crippen molar-refractivity contribution in [2.24, 2.45) is 5.10 Å². The molecule has 1 heterocycles. The lowest BCUT2D eigenvalue weighted by atomic mass is 9.97. The number of nitrogens with zero attached hydrogens (tertiary/aromatic N) is 2. The molecule has 0 saturated carbocycles. The Labute approximate surface area is 136 Å². The molecular weight excluding hydrogens is 294 g/mol. The van der Waals surface area contributed by atoms with Crippen molar-refractivity contribution in [3.05, 3.63) is 29.8 Å². The monoisotopic (exact) mass is 317 g/mol. The zero-order chi connectivity index (χ0) is 17.0. The molecule has 1 aliphatic heterocycles. The summed E-state index contributed by atoms with van der Waals surface area (Å²) in [6.45, 7) is 6.51. The fourth-order valence-corrected chi connectivity index (χ4v) is 2.41. The second kappa shape index (κ2) is 6.81. The number of nitrogens with one attached hydrogen (secondary N) is 1. The molecule has 23 heavy (non-hydrogen) atoms. The number of hydrazone groups is 1. The van der Waals surface area contributed by atoms with Crippen molar-refractivity contribution in [2.75, 3.05) is 11.6 Å². The van der Waals surface area contributed by atoms with Gasteiger partial charge in [-0.05, 0) is 51.5 Å². The number of hydrogen-bond acceptors (Lipinski definition) is 4. The number of aliphatic carboxylic acids is 1. The maximum Gasteiger partial charge on any atom is 0.303 e. The van der Waals surface area contributed by atoms with E-state index in [0.29, 0.717) is 12.0 Å². The van der Waals surface area contributed by atoms with Crippen LogP contribution in [-0.4, -0.2) is 34.8 Å². The van der Waals surface area contributed by atoms with Gasteiger partial charge in [0.2, 0.25) is 0 Å². The first-order chi connectivity index (χ1) is 10.8. The minimum atomic E-state index is -0.863. The summed E-state index contributed by atoms with van der Waals surface area (Å²) >= 11 is 0. The lowest BCUT2D eigenvalue weighted by Gasteiger charge is -2.25. The van der Waals surface area contributed by atoms with Crippen molar-refractivity contribution >= 4 is 23.3 Å². The highest BCUT2D eigenvalue weighted by Crippen LogP contribution is 2.20. The molecule has 1 aromatic carbocycles. The predicted molar refractivity (Wildman–Crippen MR) is 89.9 cm³/mol. The zero-order valence-electron chi connectivity index (χ0n) is 13.8. The van der Waals surface area contributed by atoms with E-state index in [0.717, 1.165) is 24.4 Å². The van der Waals surface area contributed by atoms with E-state index in [-0.39, 0.29) is 12.3 Å². The Morgan fingerprint density at radius 1 is 1.30 bits per heavy atom. The average Bonchev–Trinajstić information content (AvgIpc) is 2.92. The molecule has 0 atom stereocenters. The second-order valence-electron chi connectivity index (χ2n) is 6.49. The third kappa shape index (κ3) is 4.81. The maximum absolute atomic E-state index is 12.3. The molecular formula is C17H23N3O3. The third-order valence-corrected chi connectivity index (χ3v) is 3.82. The number of carbonyl (C=O) groups excluding carboxylic acids is 1. The van der Waals surface area contributed by atoms with Crippen molar-refractivity contribution < 1.29 is 14.7 Å². The first kappa shape index (κ1) is 17.0. The number of carboxylic acid groups (broad SMARTS) is 1. The molecule has 6 heteroatoms. The smallest absolute Gasteiger partial charge is 0.303 e. The van der Waals surface area contributed by atoms with Crippen molar-refractivity contribution in [1.29, 1.82) is 0 Å². The molecule has 124 valence electrons. The molecule has 1 amide bonds. The van der Waals surface area contributed by atoms with Crippen LogP contribution in [0.2, 0.25) is 0 Å². The second-order valence-corrected chi connectivity index (χ2v) is 6.49. The Morgan fingerprint density at radius 2 is 1.96 bits per heavy atom. The standard InChI is InChI=1S/C17H23N3O3/c1-12-9-11-20(19-12)14-6-4-13(5-7-14)16(23)18-17(2,3)10-8-15(21)22/h4-7H,8-11H2,1-3H3,(H,18,23)(H,21,22). The van der Waals surface area contributed by atoms with E-state index >= 15 is 0 Å². The van der Waals surface area contributed by atoms with Gasteiger partial charge in [0, 0.05) is 36.2 Å². The van der Waals surface area contributed by atoms with Crippen LogP contribution in [0.15, 0.2) is 29.4 Å². The topological polar surface area (TPSA) is 82.0 Å². The van der Waals surface area contributed by atoms with Gasteiger partial charge in [-0.3, -0.25) is 14.6 Å². The van der Waals surface area contributed by atoms with Gasteiger partial charge in [0.15, 0.2) is 0 Å². The minimum Gasteiger partial charge on any atom is -0.481 e. The zero-order valence-corrected chi connectivity index (χ0v) is 13.8. The van der Waals surface area contributed by atoms with Gasteiger partial charge in [0.1, 0.15) is 0 Å². The number of anilines is 1. The molecule has 1 aliphatic rings. The molecule has 0 bridgehead atoms. The van der Waals surface area contributed by atoms with Crippen LogP contribution in [0.5, 0.6) is 0 Å². The summed E-state index contributed by atoms with van der Waals surface area (Å²) in [5, 5.41) is 18.0. The molecule has 0 radical (unpaired) electrons. The van der Waals surface area contributed by atoms with Gasteiger partial charge in [0.05, 0.1) is 5.69 Å². The van der Waals surface area contributed by atoms with E-state index in [9.17, 15) is 9.59 Å². The molecule has 6 nitrogen and oxygen atoms in total. The highest BCUT2D eigenvalue weighted by molar-refractivity contribution is 5.95. The van der Waals surface area contributed by atoms with Crippen molar-refractivity contribution in [3.8, 4) is 0 Å². The van der Waals surface area contributed by atoms with E-state index in [2.05, 4.69) is 10.4 Å². The number of carboxylic acids is 1. The summed E-state index contributed by atoms with van der Waals surface area (Å²) in [6.07, 6.45) is 1.37. The quantitative estimate of drug-likeness (QED) is 0.845. The van der Waals surface area contributed by atoms with Crippen LogP contribution in [0.25, 0.3) is 0 Å². The maximum atomic E-state index is 12.3. The molecule has 2 rings (SSSR count).